The first-order valence-corrected chi connectivity index (χ1v) is 3.69. The van der Waals surface area contributed by atoms with Gasteiger partial charge in [0, 0.05) is 12.6 Å². The Hall–Kier alpha value is -0.0800. The number of hydrogen-bond donors (Lipinski definition) is 1. The quantitative estimate of drug-likeness (QED) is 0.585. The fourth-order valence-electron chi connectivity index (χ4n) is 1.45. The molecule has 0 aromatic carbocycles. The van der Waals surface area contributed by atoms with Gasteiger partial charge in [-0.1, -0.05) is 0 Å². The Balaban J connectivity index is 2.22. The van der Waals surface area contributed by atoms with E-state index >= 15 is 0 Å². The van der Waals surface area contributed by atoms with E-state index in [2.05, 4.69) is 11.8 Å². The molecule has 0 amide bonds. The smallest absolute Gasteiger partial charge is 0.0558 e. The molecule has 9 heavy (non-hydrogen) atoms. The van der Waals surface area contributed by atoms with Gasteiger partial charge in [0.15, 0.2) is 0 Å². The molecule has 1 saturated heterocycles. The van der Waals surface area contributed by atoms with Crippen LogP contribution < -0.4 is 0 Å². The zero-order valence-corrected chi connectivity index (χ0v) is 6.01. The van der Waals surface area contributed by atoms with E-state index in [-0.39, 0.29) is 0 Å². The Morgan fingerprint density at radius 1 is 1.67 bits per heavy atom. The van der Waals surface area contributed by atoms with E-state index in [4.69, 9.17) is 5.11 Å². The second-order valence-corrected chi connectivity index (χ2v) is 2.75. The van der Waals surface area contributed by atoms with Gasteiger partial charge in [-0.2, -0.15) is 0 Å². The first kappa shape index (κ1) is 7.03. The minimum atomic E-state index is 0.310. The summed E-state index contributed by atoms with van der Waals surface area (Å²) in [4.78, 5) is 2.33. The van der Waals surface area contributed by atoms with Crippen molar-refractivity contribution >= 4 is 0 Å². The van der Waals surface area contributed by atoms with Gasteiger partial charge in [0.2, 0.25) is 0 Å². The summed E-state index contributed by atoms with van der Waals surface area (Å²) in [5, 5.41) is 8.60. The van der Waals surface area contributed by atoms with E-state index in [1.165, 1.54) is 19.4 Å². The number of β-amino-alcohol motifs (C(OH)–C–C–N with tert-alkyl or cyclic N) is 1. The summed E-state index contributed by atoms with van der Waals surface area (Å²) >= 11 is 0. The van der Waals surface area contributed by atoms with Gasteiger partial charge in [-0.3, -0.25) is 4.90 Å². The van der Waals surface area contributed by atoms with Gasteiger partial charge in [-0.25, -0.2) is 0 Å². The molecule has 1 N–H and O–H groups in total. The standard InChI is InChI=1S/C7H15NO/c1-7-3-2-4-8(7)5-6-9/h7,9H,2-6H2,1H3. The van der Waals surface area contributed by atoms with Crippen molar-refractivity contribution in [2.24, 2.45) is 0 Å². The van der Waals surface area contributed by atoms with Gasteiger partial charge in [0.1, 0.15) is 0 Å². The predicted molar refractivity (Wildman–Crippen MR) is 37.4 cm³/mol. The summed E-state index contributed by atoms with van der Waals surface area (Å²) in [5.74, 6) is 0. The highest BCUT2D eigenvalue weighted by Crippen LogP contribution is 2.14. The molecule has 1 unspecified atom stereocenters. The van der Waals surface area contributed by atoms with E-state index in [1.54, 1.807) is 0 Å². The molecule has 1 aliphatic heterocycles. The van der Waals surface area contributed by atoms with Crippen molar-refractivity contribution in [3.05, 3.63) is 0 Å². The van der Waals surface area contributed by atoms with E-state index in [9.17, 15) is 0 Å². The maximum absolute atomic E-state index is 8.60. The number of rotatable bonds is 2. The second-order valence-electron chi connectivity index (χ2n) is 2.75. The first-order chi connectivity index (χ1) is 4.34. The average Bonchev–Trinajstić information content (AvgIpc) is 2.18. The number of likely N-dealkylation sites (tertiary alicyclic amines) is 1. The molecule has 0 bridgehead atoms. The SMILES string of the molecule is CC1CCCN1CCO. The molecular formula is C7H15NO. The lowest BCUT2D eigenvalue weighted by atomic mass is 10.2. The molecule has 1 rings (SSSR count). The van der Waals surface area contributed by atoms with E-state index in [0.29, 0.717) is 12.6 Å². The summed E-state index contributed by atoms with van der Waals surface area (Å²) in [6.07, 6.45) is 2.61. The Morgan fingerprint density at radius 3 is 2.89 bits per heavy atom. The summed E-state index contributed by atoms with van der Waals surface area (Å²) in [6, 6.07) is 0.706. The van der Waals surface area contributed by atoms with Crippen LogP contribution in [0.1, 0.15) is 19.8 Å². The Bertz CT molecular complexity index is 85.0. The normalized spacial score (nSPS) is 29.3. The van der Waals surface area contributed by atoms with Crippen molar-refractivity contribution < 1.29 is 5.11 Å². The minimum Gasteiger partial charge on any atom is -0.395 e. The van der Waals surface area contributed by atoms with Crippen LogP contribution >= 0.6 is 0 Å². The summed E-state index contributed by atoms with van der Waals surface area (Å²) in [7, 11) is 0. The maximum Gasteiger partial charge on any atom is 0.0558 e. The zero-order valence-electron chi connectivity index (χ0n) is 6.01. The molecule has 0 radical (unpaired) electrons. The fourth-order valence-corrected chi connectivity index (χ4v) is 1.45. The van der Waals surface area contributed by atoms with Crippen molar-refractivity contribution in [2.75, 3.05) is 19.7 Å². The number of hydrogen-bond acceptors (Lipinski definition) is 2. The lowest BCUT2D eigenvalue weighted by molar-refractivity contribution is 0.192. The molecule has 1 fully saturated rings. The maximum atomic E-state index is 8.60. The zero-order chi connectivity index (χ0) is 6.69. The molecule has 1 atom stereocenters. The largest absolute Gasteiger partial charge is 0.395 e. The monoisotopic (exact) mass is 129 g/mol. The third-order valence-electron chi connectivity index (χ3n) is 2.08. The molecule has 0 spiro atoms. The molecule has 2 heteroatoms. The van der Waals surface area contributed by atoms with Crippen LogP contribution in [0.15, 0.2) is 0 Å². The van der Waals surface area contributed by atoms with E-state index in [1.807, 2.05) is 0 Å². The van der Waals surface area contributed by atoms with Crippen LogP contribution in [0.2, 0.25) is 0 Å². The molecule has 2 nitrogen and oxygen atoms in total. The lowest BCUT2D eigenvalue weighted by Gasteiger charge is -2.18. The lowest BCUT2D eigenvalue weighted by Crippen LogP contribution is -2.29. The molecule has 1 heterocycles. The molecule has 1 aliphatic rings. The van der Waals surface area contributed by atoms with Crippen LogP contribution in [-0.2, 0) is 0 Å². The third kappa shape index (κ3) is 1.66. The minimum absolute atomic E-state index is 0.310. The van der Waals surface area contributed by atoms with Crippen LogP contribution in [0.5, 0.6) is 0 Å². The van der Waals surface area contributed by atoms with Crippen molar-refractivity contribution in [1.82, 2.24) is 4.90 Å². The van der Waals surface area contributed by atoms with Gasteiger partial charge in [0.25, 0.3) is 0 Å². The Morgan fingerprint density at radius 2 is 2.44 bits per heavy atom. The third-order valence-corrected chi connectivity index (χ3v) is 2.08. The molecule has 0 saturated carbocycles. The van der Waals surface area contributed by atoms with Gasteiger partial charge in [0.05, 0.1) is 6.61 Å². The molecule has 0 aliphatic carbocycles. The van der Waals surface area contributed by atoms with Gasteiger partial charge < -0.3 is 5.11 Å². The van der Waals surface area contributed by atoms with Gasteiger partial charge >= 0.3 is 0 Å². The van der Waals surface area contributed by atoms with Crippen LogP contribution in [0.25, 0.3) is 0 Å². The topological polar surface area (TPSA) is 23.5 Å². The van der Waals surface area contributed by atoms with Gasteiger partial charge in [-0.05, 0) is 26.3 Å². The first-order valence-electron chi connectivity index (χ1n) is 3.69. The summed E-state index contributed by atoms with van der Waals surface area (Å²) in [5.41, 5.74) is 0. The molecule has 54 valence electrons. The summed E-state index contributed by atoms with van der Waals surface area (Å²) in [6.45, 7) is 4.58. The molecule has 0 aromatic heterocycles. The fraction of sp³-hybridized carbons (Fsp3) is 1.00. The van der Waals surface area contributed by atoms with E-state index < -0.39 is 0 Å². The molecular weight excluding hydrogens is 114 g/mol. The highest BCUT2D eigenvalue weighted by Gasteiger charge is 2.18. The highest BCUT2D eigenvalue weighted by atomic mass is 16.3. The van der Waals surface area contributed by atoms with E-state index in [0.717, 1.165) is 6.54 Å². The number of aliphatic hydroxyl groups is 1. The number of aliphatic hydroxyl groups excluding tert-OH is 1. The van der Waals surface area contributed by atoms with Crippen molar-refractivity contribution in [1.29, 1.82) is 0 Å². The van der Waals surface area contributed by atoms with Gasteiger partial charge in [-0.15, -0.1) is 0 Å². The van der Waals surface area contributed by atoms with Crippen molar-refractivity contribution in [2.45, 2.75) is 25.8 Å². The molecule has 0 aromatic rings. The van der Waals surface area contributed by atoms with Crippen molar-refractivity contribution in [3.8, 4) is 0 Å². The van der Waals surface area contributed by atoms with Crippen LogP contribution in [0.4, 0.5) is 0 Å². The Kier molecular flexibility index (Phi) is 2.49. The predicted octanol–water partition coefficient (Wildman–Crippen LogP) is 0.463. The Labute approximate surface area is 56.5 Å². The van der Waals surface area contributed by atoms with Crippen LogP contribution in [0.3, 0.4) is 0 Å². The number of nitrogens with zero attached hydrogens (tertiary/aromatic N) is 1. The van der Waals surface area contributed by atoms with Crippen molar-refractivity contribution in [3.63, 3.8) is 0 Å². The summed E-state index contributed by atoms with van der Waals surface area (Å²) < 4.78 is 0. The van der Waals surface area contributed by atoms with Crippen LogP contribution in [-0.4, -0.2) is 35.7 Å². The second kappa shape index (κ2) is 3.18. The average molecular weight is 129 g/mol. The highest BCUT2D eigenvalue weighted by molar-refractivity contribution is 4.74. The van der Waals surface area contributed by atoms with Crippen LogP contribution in [0, 0.1) is 0 Å².